The van der Waals surface area contributed by atoms with E-state index in [1.165, 1.54) is 0 Å². The molecule has 2 aliphatic rings. The van der Waals surface area contributed by atoms with Gasteiger partial charge in [0.05, 0.1) is 0 Å². The van der Waals surface area contributed by atoms with Crippen molar-refractivity contribution < 1.29 is 4.79 Å². The van der Waals surface area contributed by atoms with Crippen LogP contribution in [0.25, 0.3) is 0 Å². The lowest BCUT2D eigenvalue weighted by molar-refractivity contribution is -0.116. The van der Waals surface area contributed by atoms with Gasteiger partial charge >= 0.3 is 0 Å². The molecule has 100 valence electrons. The van der Waals surface area contributed by atoms with Crippen LogP contribution < -0.4 is 5.32 Å². The lowest BCUT2D eigenvalue weighted by atomic mass is 9.86. The average molecular weight is 268 g/mol. The van der Waals surface area contributed by atoms with Crippen molar-refractivity contribution in [3.05, 3.63) is 41.4 Å². The Bertz CT molecular complexity index is 705. The molecule has 0 radical (unpaired) electrons. The van der Waals surface area contributed by atoms with Gasteiger partial charge in [0.1, 0.15) is 6.04 Å². The molecule has 0 aromatic carbocycles. The molecule has 2 aromatic rings. The second kappa shape index (κ2) is 4.22. The third-order valence-corrected chi connectivity index (χ3v) is 3.73. The first-order valence-corrected chi connectivity index (χ1v) is 6.55. The van der Waals surface area contributed by atoms with Crippen molar-refractivity contribution in [3.63, 3.8) is 0 Å². The molecule has 1 aliphatic carbocycles. The number of nitrogens with one attached hydrogen (secondary N) is 1. The molecule has 1 atom stereocenters. The Labute approximate surface area is 114 Å². The van der Waals surface area contributed by atoms with E-state index in [0.29, 0.717) is 12.4 Å². The SMILES string of the molecule is O=C1CCCC2=C1C(c1cccnc1)n1nnnc1N2. The van der Waals surface area contributed by atoms with E-state index in [0.717, 1.165) is 29.7 Å². The Hall–Kier alpha value is -2.57. The van der Waals surface area contributed by atoms with E-state index in [-0.39, 0.29) is 11.8 Å². The van der Waals surface area contributed by atoms with Crippen molar-refractivity contribution >= 4 is 11.7 Å². The lowest BCUT2D eigenvalue weighted by Crippen LogP contribution is -2.31. The van der Waals surface area contributed by atoms with Gasteiger partial charge in [-0.15, -0.1) is 0 Å². The number of fused-ring (bicyclic) bond motifs is 1. The smallest absolute Gasteiger partial charge is 0.248 e. The zero-order valence-electron chi connectivity index (χ0n) is 10.7. The van der Waals surface area contributed by atoms with Crippen LogP contribution in [0.4, 0.5) is 5.95 Å². The Morgan fingerprint density at radius 1 is 1.35 bits per heavy atom. The zero-order valence-corrected chi connectivity index (χ0v) is 10.7. The Balaban J connectivity index is 1.93. The number of allylic oxidation sites excluding steroid dienone is 2. The summed E-state index contributed by atoms with van der Waals surface area (Å²) in [5.41, 5.74) is 2.63. The van der Waals surface area contributed by atoms with Crippen LogP contribution in [-0.2, 0) is 4.79 Å². The quantitative estimate of drug-likeness (QED) is 0.833. The highest BCUT2D eigenvalue weighted by molar-refractivity contribution is 5.99. The molecular formula is C13H12N6O. The van der Waals surface area contributed by atoms with Crippen LogP contribution in [0.2, 0.25) is 0 Å². The van der Waals surface area contributed by atoms with Gasteiger partial charge in [-0.2, -0.15) is 4.68 Å². The van der Waals surface area contributed by atoms with Crippen molar-refractivity contribution in [2.24, 2.45) is 0 Å². The molecule has 1 aliphatic heterocycles. The molecule has 1 N–H and O–H groups in total. The molecule has 0 bridgehead atoms. The molecule has 0 saturated heterocycles. The number of aromatic nitrogens is 5. The predicted molar refractivity (Wildman–Crippen MR) is 69.7 cm³/mol. The molecule has 3 heterocycles. The normalized spacial score (nSPS) is 21.2. The van der Waals surface area contributed by atoms with Gasteiger partial charge in [0.25, 0.3) is 0 Å². The lowest BCUT2D eigenvalue weighted by Gasteiger charge is -2.31. The monoisotopic (exact) mass is 268 g/mol. The van der Waals surface area contributed by atoms with Gasteiger partial charge in [0, 0.05) is 30.1 Å². The topological polar surface area (TPSA) is 85.6 Å². The molecule has 0 saturated carbocycles. The zero-order chi connectivity index (χ0) is 13.5. The number of tetrazole rings is 1. The number of ketones is 1. The standard InChI is InChI=1S/C13H12N6O/c20-10-5-1-4-9-11(10)12(8-3-2-6-14-7-8)19-13(15-9)16-17-18-19/h2-3,6-7,12H,1,4-5H2,(H,15,16,18). The number of pyridine rings is 1. The summed E-state index contributed by atoms with van der Waals surface area (Å²) in [5.74, 6) is 0.737. The largest absolute Gasteiger partial charge is 0.326 e. The average Bonchev–Trinajstić information content (AvgIpc) is 2.94. The summed E-state index contributed by atoms with van der Waals surface area (Å²) in [6.45, 7) is 0. The summed E-state index contributed by atoms with van der Waals surface area (Å²) in [7, 11) is 0. The first-order chi connectivity index (χ1) is 9.84. The number of hydrogen-bond donors (Lipinski definition) is 1. The summed E-state index contributed by atoms with van der Waals surface area (Å²) < 4.78 is 1.65. The van der Waals surface area contributed by atoms with Gasteiger partial charge in [-0.05, 0) is 34.9 Å². The summed E-state index contributed by atoms with van der Waals surface area (Å²) >= 11 is 0. The maximum absolute atomic E-state index is 12.3. The van der Waals surface area contributed by atoms with E-state index >= 15 is 0 Å². The summed E-state index contributed by atoms with van der Waals surface area (Å²) in [6.07, 6.45) is 5.77. The third-order valence-electron chi connectivity index (χ3n) is 3.73. The van der Waals surface area contributed by atoms with E-state index in [4.69, 9.17) is 0 Å². The van der Waals surface area contributed by atoms with Crippen molar-refractivity contribution in [2.45, 2.75) is 25.3 Å². The fourth-order valence-corrected chi connectivity index (χ4v) is 2.86. The van der Waals surface area contributed by atoms with Crippen LogP contribution in [0.3, 0.4) is 0 Å². The van der Waals surface area contributed by atoms with Crippen LogP contribution in [-0.4, -0.2) is 31.0 Å². The molecule has 20 heavy (non-hydrogen) atoms. The Morgan fingerprint density at radius 3 is 3.15 bits per heavy atom. The van der Waals surface area contributed by atoms with Crippen LogP contribution in [0.1, 0.15) is 30.9 Å². The van der Waals surface area contributed by atoms with E-state index in [1.807, 2.05) is 12.1 Å². The van der Waals surface area contributed by atoms with Gasteiger partial charge in [0.2, 0.25) is 5.95 Å². The molecule has 4 rings (SSSR count). The van der Waals surface area contributed by atoms with Crippen molar-refractivity contribution in [1.29, 1.82) is 0 Å². The van der Waals surface area contributed by atoms with Crippen LogP contribution in [0.5, 0.6) is 0 Å². The van der Waals surface area contributed by atoms with Gasteiger partial charge in [-0.3, -0.25) is 9.78 Å². The predicted octanol–water partition coefficient (Wildman–Crippen LogP) is 1.09. The van der Waals surface area contributed by atoms with Crippen molar-refractivity contribution in [2.75, 3.05) is 5.32 Å². The van der Waals surface area contributed by atoms with E-state index in [2.05, 4.69) is 25.8 Å². The van der Waals surface area contributed by atoms with Gasteiger partial charge in [0.15, 0.2) is 5.78 Å². The van der Waals surface area contributed by atoms with Crippen molar-refractivity contribution in [3.8, 4) is 0 Å². The number of Topliss-reactive ketones (excluding diaryl/α,β-unsaturated/α-hetero) is 1. The molecule has 0 amide bonds. The summed E-state index contributed by atoms with van der Waals surface area (Å²) in [4.78, 5) is 16.5. The fourth-order valence-electron chi connectivity index (χ4n) is 2.86. The van der Waals surface area contributed by atoms with Gasteiger partial charge in [-0.25, -0.2) is 0 Å². The van der Waals surface area contributed by atoms with Crippen molar-refractivity contribution in [1.82, 2.24) is 25.2 Å². The summed E-state index contributed by atoms with van der Waals surface area (Å²) in [6, 6.07) is 3.52. The minimum atomic E-state index is -0.280. The molecule has 7 heteroatoms. The molecule has 0 fully saturated rings. The highest BCUT2D eigenvalue weighted by Gasteiger charge is 2.36. The van der Waals surface area contributed by atoms with Crippen LogP contribution in [0.15, 0.2) is 35.8 Å². The fraction of sp³-hybridized carbons (Fsp3) is 0.308. The molecule has 0 spiro atoms. The number of anilines is 1. The maximum atomic E-state index is 12.3. The van der Waals surface area contributed by atoms with Crippen LogP contribution >= 0.6 is 0 Å². The maximum Gasteiger partial charge on any atom is 0.248 e. The highest BCUT2D eigenvalue weighted by atomic mass is 16.1. The minimum Gasteiger partial charge on any atom is -0.326 e. The van der Waals surface area contributed by atoms with E-state index in [1.54, 1.807) is 17.1 Å². The summed E-state index contributed by atoms with van der Waals surface area (Å²) in [5, 5.41) is 14.9. The first-order valence-electron chi connectivity index (χ1n) is 6.55. The van der Waals surface area contributed by atoms with Gasteiger partial charge < -0.3 is 5.32 Å². The third kappa shape index (κ3) is 1.56. The minimum absolute atomic E-state index is 0.161. The highest BCUT2D eigenvalue weighted by Crippen LogP contribution is 2.38. The molecule has 2 aromatic heterocycles. The molecular weight excluding hydrogens is 256 g/mol. The van der Waals surface area contributed by atoms with E-state index < -0.39 is 0 Å². The number of carbonyl (C=O) groups excluding carboxylic acids is 1. The molecule has 7 nitrogen and oxygen atoms in total. The van der Waals surface area contributed by atoms with E-state index in [9.17, 15) is 4.79 Å². The molecule has 1 unspecified atom stereocenters. The number of carbonyl (C=O) groups is 1. The Morgan fingerprint density at radius 2 is 2.30 bits per heavy atom. The number of hydrogen-bond acceptors (Lipinski definition) is 6. The number of nitrogens with zero attached hydrogens (tertiary/aromatic N) is 5. The first kappa shape index (κ1) is 11.3. The Kier molecular flexibility index (Phi) is 2.38. The number of rotatable bonds is 1. The van der Waals surface area contributed by atoms with Crippen LogP contribution in [0, 0.1) is 0 Å². The second-order valence-electron chi connectivity index (χ2n) is 4.93. The van der Waals surface area contributed by atoms with Gasteiger partial charge in [-0.1, -0.05) is 11.2 Å². The second-order valence-corrected chi connectivity index (χ2v) is 4.93.